The minimum Gasteiger partial charge on any atom is -0.0622 e. The van der Waals surface area contributed by atoms with E-state index in [2.05, 4.69) is 86.6 Å². The fourth-order valence-corrected chi connectivity index (χ4v) is 4.53. The van der Waals surface area contributed by atoms with E-state index in [-0.39, 0.29) is 0 Å². The first-order chi connectivity index (χ1) is 13.2. The van der Waals surface area contributed by atoms with Crippen LogP contribution in [0.15, 0.2) is 72.8 Å². The van der Waals surface area contributed by atoms with Crippen molar-refractivity contribution in [1.29, 1.82) is 0 Å². The van der Waals surface area contributed by atoms with Crippen LogP contribution in [0.25, 0.3) is 22.3 Å². The highest BCUT2D eigenvalue weighted by Gasteiger charge is 2.23. The van der Waals surface area contributed by atoms with Gasteiger partial charge in [-0.05, 0) is 58.1 Å². The standard InChI is InChI=1S/C27H30/c1-20(2)24-18-25(21-12-6-3-7-13-21)27(23-16-10-5-11-17-23)26(19-24)22-14-8-4-9-15-22/h3,5-7,10-13,16-20,22H,4,8-9,14-15H2,1-2H3. The largest absolute Gasteiger partial charge is 0.0622 e. The Morgan fingerprint density at radius 3 is 1.89 bits per heavy atom. The fourth-order valence-electron chi connectivity index (χ4n) is 4.53. The molecule has 0 aliphatic heterocycles. The third-order valence-electron chi connectivity index (χ3n) is 6.05. The van der Waals surface area contributed by atoms with Crippen LogP contribution in [0.3, 0.4) is 0 Å². The molecule has 0 nitrogen and oxygen atoms in total. The molecule has 0 bridgehead atoms. The minimum atomic E-state index is 0.541. The topological polar surface area (TPSA) is 0 Å². The third kappa shape index (κ3) is 3.86. The Morgan fingerprint density at radius 1 is 0.704 bits per heavy atom. The molecule has 0 unspecified atom stereocenters. The molecule has 0 N–H and O–H groups in total. The van der Waals surface area contributed by atoms with Gasteiger partial charge in [0.05, 0.1) is 0 Å². The predicted octanol–water partition coefficient (Wildman–Crippen LogP) is 8.19. The molecule has 4 rings (SSSR count). The van der Waals surface area contributed by atoms with Crippen molar-refractivity contribution in [3.05, 3.63) is 83.9 Å². The summed E-state index contributed by atoms with van der Waals surface area (Å²) in [6.45, 7) is 4.63. The van der Waals surface area contributed by atoms with Gasteiger partial charge in [-0.3, -0.25) is 0 Å². The van der Waals surface area contributed by atoms with Crippen LogP contribution in [0.4, 0.5) is 0 Å². The highest BCUT2D eigenvalue weighted by molar-refractivity contribution is 5.86. The van der Waals surface area contributed by atoms with Gasteiger partial charge >= 0.3 is 0 Å². The van der Waals surface area contributed by atoms with Gasteiger partial charge in [-0.25, -0.2) is 0 Å². The summed E-state index contributed by atoms with van der Waals surface area (Å²) in [6.07, 6.45) is 6.79. The lowest BCUT2D eigenvalue weighted by Gasteiger charge is -2.28. The van der Waals surface area contributed by atoms with Gasteiger partial charge in [0.25, 0.3) is 0 Å². The van der Waals surface area contributed by atoms with Crippen molar-refractivity contribution in [2.24, 2.45) is 0 Å². The number of rotatable bonds is 4. The molecular weight excluding hydrogens is 324 g/mol. The summed E-state index contributed by atoms with van der Waals surface area (Å²) in [5.41, 5.74) is 8.58. The van der Waals surface area contributed by atoms with Crippen LogP contribution in [0.1, 0.15) is 68.9 Å². The monoisotopic (exact) mass is 354 g/mol. The average molecular weight is 355 g/mol. The Balaban J connectivity index is 1.99. The molecule has 1 saturated carbocycles. The maximum Gasteiger partial charge on any atom is -0.00703 e. The lowest BCUT2D eigenvalue weighted by molar-refractivity contribution is 0.444. The summed E-state index contributed by atoms with van der Waals surface area (Å²) in [5, 5.41) is 0. The van der Waals surface area contributed by atoms with E-state index < -0.39 is 0 Å². The molecule has 0 atom stereocenters. The second kappa shape index (κ2) is 8.13. The van der Waals surface area contributed by atoms with E-state index in [1.807, 2.05) is 0 Å². The molecule has 3 aromatic rings. The normalized spacial score (nSPS) is 15.2. The van der Waals surface area contributed by atoms with Crippen LogP contribution < -0.4 is 0 Å². The van der Waals surface area contributed by atoms with Crippen molar-refractivity contribution >= 4 is 0 Å². The zero-order valence-corrected chi connectivity index (χ0v) is 16.6. The first-order valence-electron chi connectivity index (χ1n) is 10.5. The molecule has 1 aliphatic carbocycles. The van der Waals surface area contributed by atoms with Gasteiger partial charge in [0.1, 0.15) is 0 Å². The second-order valence-corrected chi connectivity index (χ2v) is 8.25. The average Bonchev–Trinajstić information content (AvgIpc) is 2.74. The number of benzene rings is 3. The van der Waals surface area contributed by atoms with Crippen molar-refractivity contribution < 1.29 is 0 Å². The number of hydrogen-bond acceptors (Lipinski definition) is 0. The molecule has 1 fully saturated rings. The molecule has 27 heavy (non-hydrogen) atoms. The smallest absolute Gasteiger partial charge is 0.00703 e. The van der Waals surface area contributed by atoms with Crippen LogP contribution in [0.5, 0.6) is 0 Å². The molecule has 0 amide bonds. The summed E-state index contributed by atoms with van der Waals surface area (Å²) < 4.78 is 0. The molecule has 1 aliphatic rings. The van der Waals surface area contributed by atoms with E-state index >= 15 is 0 Å². The maximum absolute atomic E-state index is 2.52. The summed E-state index contributed by atoms with van der Waals surface area (Å²) in [5.74, 6) is 1.23. The van der Waals surface area contributed by atoms with Crippen LogP contribution in [0.2, 0.25) is 0 Å². The molecule has 0 saturated heterocycles. The molecule has 138 valence electrons. The Kier molecular flexibility index (Phi) is 5.43. The molecule has 0 spiro atoms. The SMILES string of the molecule is CC(C)c1cc(-c2ccccc2)c(-c2ccccc2)c(C2CCCCC2)c1. The molecule has 0 heterocycles. The predicted molar refractivity (Wildman–Crippen MR) is 117 cm³/mol. The Labute approximate surface area is 164 Å². The lowest BCUT2D eigenvalue weighted by atomic mass is 9.77. The van der Waals surface area contributed by atoms with Gasteiger partial charge in [-0.1, -0.05) is 106 Å². The van der Waals surface area contributed by atoms with E-state index in [1.54, 1.807) is 5.56 Å². The zero-order valence-electron chi connectivity index (χ0n) is 16.6. The van der Waals surface area contributed by atoms with Crippen molar-refractivity contribution in [3.8, 4) is 22.3 Å². The summed E-state index contributed by atoms with van der Waals surface area (Å²) in [6, 6.07) is 26.9. The highest BCUT2D eigenvalue weighted by atomic mass is 14.3. The first-order valence-corrected chi connectivity index (χ1v) is 10.5. The van der Waals surface area contributed by atoms with Crippen molar-refractivity contribution in [1.82, 2.24) is 0 Å². The maximum atomic E-state index is 2.52. The summed E-state index contributed by atoms with van der Waals surface area (Å²) in [4.78, 5) is 0. The summed E-state index contributed by atoms with van der Waals surface area (Å²) >= 11 is 0. The van der Waals surface area contributed by atoms with E-state index in [4.69, 9.17) is 0 Å². The van der Waals surface area contributed by atoms with Crippen LogP contribution >= 0.6 is 0 Å². The second-order valence-electron chi connectivity index (χ2n) is 8.25. The van der Waals surface area contributed by atoms with Crippen molar-refractivity contribution in [3.63, 3.8) is 0 Å². The molecule has 3 aromatic carbocycles. The summed E-state index contributed by atoms with van der Waals surface area (Å²) in [7, 11) is 0. The van der Waals surface area contributed by atoms with E-state index in [1.165, 1.54) is 59.9 Å². The van der Waals surface area contributed by atoms with Crippen LogP contribution in [-0.4, -0.2) is 0 Å². The minimum absolute atomic E-state index is 0.541. The van der Waals surface area contributed by atoms with Gasteiger partial charge in [-0.15, -0.1) is 0 Å². The van der Waals surface area contributed by atoms with Crippen molar-refractivity contribution in [2.45, 2.75) is 57.8 Å². The number of hydrogen-bond donors (Lipinski definition) is 0. The van der Waals surface area contributed by atoms with E-state index in [0.29, 0.717) is 11.8 Å². The van der Waals surface area contributed by atoms with E-state index in [9.17, 15) is 0 Å². The first kappa shape index (κ1) is 18.0. The Hall–Kier alpha value is -2.34. The van der Waals surface area contributed by atoms with Gasteiger partial charge in [0.2, 0.25) is 0 Å². The lowest BCUT2D eigenvalue weighted by Crippen LogP contribution is -2.08. The van der Waals surface area contributed by atoms with E-state index in [0.717, 1.165) is 0 Å². The van der Waals surface area contributed by atoms with Gasteiger partial charge < -0.3 is 0 Å². The van der Waals surface area contributed by atoms with Crippen LogP contribution in [-0.2, 0) is 0 Å². The van der Waals surface area contributed by atoms with Crippen LogP contribution in [0, 0.1) is 0 Å². The molecule has 0 heteroatoms. The molecular formula is C27H30. The Bertz CT molecular complexity index is 869. The van der Waals surface area contributed by atoms with Gasteiger partial charge in [-0.2, -0.15) is 0 Å². The third-order valence-corrected chi connectivity index (χ3v) is 6.05. The van der Waals surface area contributed by atoms with Crippen molar-refractivity contribution in [2.75, 3.05) is 0 Å². The quantitative estimate of drug-likeness (QED) is 0.443. The highest BCUT2D eigenvalue weighted by Crippen LogP contribution is 2.44. The molecule has 0 radical (unpaired) electrons. The zero-order chi connectivity index (χ0) is 18.6. The Morgan fingerprint density at radius 2 is 1.30 bits per heavy atom. The van der Waals surface area contributed by atoms with Gasteiger partial charge in [0, 0.05) is 0 Å². The fraction of sp³-hybridized carbons (Fsp3) is 0.333. The molecule has 0 aromatic heterocycles. The van der Waals surface area contributed by atoms with Gasteiger partial charge in [0.15, 0.2) is 0 Å².